The Hall–Kier alpha value is -1.15. The smallest absolute Gasteiger partial charge is 0.391 e. The molecule has 19 heavy (non-hydrogen) atoms. The van der Waals surface area contributed by atoms with Crippen LogP contribution in [-0.2, 0) is 0 Å². The van der Waals surface area contributed by atoms with E-state index in [4.69, 9.17) is 15.4 Å². The summed E-state index contributed by atoms with van der Waals surface area (Å²) in [5.74, 6) is -1.37. The fourth-order valence-corrected chi connectivity index (χ4v) is 2.36. The van der Waals surface area contributed by atoms with Crippen LogP contribution >= 0.6 is 0 Å². The molecule has 1 aromatic rings. The molecule has 1 saturated carbocycles. The van der Waals surface area contributed by atoms with Crippen LogP contribution in [0, 0.1) is 5.92 Å². The first-order valence-corrected chi connectivity index (χ1v) is 6.18. The number of nitrogens with zero attached hydrogens (tertiary/aromatic N) is 2. The lowest BCUT2D eigenvalue weighted by Crippen LogP contribution is -2.28. The average molecular weight is 279 g/mol. The summed E-state index contributed by atoms with van der Waals surface area (Å²) in [5, 5.41) is 12.5. The highest BCUT2D eigenvalue weighted by atomic mass is 19.4. The number of aromatic nitrogens is 2. The van der Waals surface area contributed by atoms with E-state index in [1.807, 2.05) is 0 Å². The first-order chi connectivity index (χ1) is 8.91. The third-order valence-electron chi connectivity index (χ3n) is 3.47. The van der Waals surface area contributed by atoms with Crippen LogP contribution in [0.5, 0.6) is 0 Å². The second kappa shape index (κ2) is 5.46. The molecule has 1 heterocycles. The summed E-state index contributed by atoms with van der Waals surface area (Å²) in [6, 6.07) is -0.764. The van der Waals surface area contributed by atoms with Crippen molar-refractivity contribution in [2.45, 2.75) is 43.8 Å². The Morgan fingerprint density at radius 2 is 2.16 bits per heavy atom. The van der Waals surface area contributed by atoms with E-state index in [0.29, 0.717) is 12.8 Å². The molecule has 1 aliphatic rings. The number of nitrogens with two attached hydrogens (primary N) is 1. The molecule has 8 heteroatoms. The standard InChI is InChI=1S/C11H16F3N3O2/c12-11(13,14)7-3-1-2-6(4-7)10-16-9(17-19-10)8(15)5-18/h6-8,18H,1-5,15H2. The van der Waals surface area contributed by atoms with Gasteiger partial charge in [0.2, 0.25) is 5.89 Å². The van der Waals surface area contributed by atoms with Crippen LogP contribution in [0.15, 0.2) is 4.52 Å². The maximum Gasteiger partial charge on any atom is 0.391 e. The Bertz CT molecular complexity index is 422. The number of hydrogen-bond acceptors (Lipinski definition) is 5. The number of hydrogen-bond donors (Lipinski definition) is 2. The van der Waals surface area contributed by atoms with Crippen LogP contribution < -0.4 is 5.73 Å². The fraction of sp³-hybridized carbons (Fsp3) is 0.818. The first kappa shape index (κ1) is 14.3. The summed E-state index contributed by atoms with van der Waals surface area (Å²) in [5.41, 5.74) is 5.52. The van der Waals surface area contributed by atoms with Crippen molar-refractivity contribution in [3.63, 3.8) is 0 Å². The molecule has 5 nitrogen and oxygen atoms in total. The Kier molecular flexibility index (Phi) is 4.10. The number of aliphatic hydroxyl groups is 1. The molecule has 0 bridgehead atoms. The van der Waals surface area contributed by atoms with Gasteiger partial charge in [-0.1, -0.05) is 11.6 Å². The Morgan fingerprint density at radius 3 is 2.79 bits per heavy atom. The van der Waals surface area contributed by atoms with Gasteiger partial charge in [-0.3, -0.25) is 0 Å². The first-order valence-electron chi connectivity index (χ1n) is 6.18. The highest BCUT2D eigenvalue weighted by Gasteiger charge is 2.43. The summed E-state index contributed by atoms with van der Waals surface area (Å²) in [4.78, 5) is 3.99. The van der Waals surface area contributed by atoms with Crippen LogP contribution in [0.25, 0.3) is 0 Å². The highest BCUT2D eigenvalue weighted by molar-refractivity contribution is 5.00. The number of alkyl halides is 3. The van der Waals surface area contributed by atoms with Gasteiger partial charge in [0.05, 0.1) is 18.6 Å². The predicted octanol–water partition coefficient (Wildman–Crippen LogP) is 1.90. The van der Waals surface area contributed by atoms with Gasteiger partial charge in [0.1, 0.15) is 0 Å². The topological polar surface area (TPSA) is 85.2 Å². The van der Waals surface area contributed by atoms with E-state index in [1.165, 1.54) is 0 Å². The minimum Gasteiger partial charge on any atom is -0.394 e. The Labute approximate surface area is 108 Å². The summed E-state index contributed by atoms with van der Waals surface area (Å²) in [7, 11) is 0. The van der Waals surface area contributed by atoms with E-state index in [-0.39, 0.29) is 37.1 Å². The van der Waals surface area contributed by atoms with E-state index in [2.05, 4.69) is 10.1 Å². The summed E-state index contributed by atoms with van der Waals surface area (Å²) in [6.07, 6.45) is -2.97. The SMILES string of the molecule is NC(CO)c1noc(C2CCCC(C(F)(F)F)C2)n1. The number of aliphatic hydroxyl groups excluding tert-OH is 1. The maximum atomic E-state index is 12.7. The quantitative estimate of drug-likeness (QED) is 0.882. The van der Waals surface area contributed by atoms with Crippen molar-refractivity contribution in [3.05, 3.63) is 11.7 Å². The molecule has 0 amide bonds. The van der Waals surface area contributed by atoms with Crippen LogP contribution in [0.1, 0.15) is 49.4 Å². The molecule has 0 spiro atoms. The third kappa shape index (κ3) is 3.24. The molecular formula is C11H16F3N3O2. The van der Waals surface area contributed by atoms with Gasteiger partial charge in [-0.25, -0.2) is 0 Å². The third-order valence-corrected chi connectivity index (χ3v) is 3.47. The van der Waals surface area contributed by atoms with Gasteiger partial charge in [0, 0.05) is 5.92 Å². The van der Waals surface area contributed by atoms with E-state index in [0.717, 1.165) is 0 Å². The van der Waals surface area contributed by atoms with Crippen molar-refractivity contribution in [1.82, 2.24) is 10.1 Å². The van der Waals surface area contributed by atoms with E-state index >= 15 is 0 Å². The van der Waals surface area contributed by atoms with Crippen molar-refractivity contribution in [3.8, 4) is 0 Å². The zero-order valence-corrected chi connectivity index (χ0v) is 10.2. The summed E-state index contributed by atoms with van der Waals surface area (Å²) >= 11 is 0. The van der Waals surface area contributed by atoms with Gasteiger partial charge in [0.25, 0.3) is 0 Å². The van der Waals surface area contributed by atoms with Crippen molar-refractivity contribution >= 4 is 0 Å². The fourth-order valence-electron chi connectivity index (χ4n) is 2.36. The van der Waals surface area contributed by atoms with Gasteiger partial charge in [-0.05, 0) is 19.3 Å². The average Bonchev–Trinajstić information content (AvgIpc) is 2.86. The zero-order chi connectivity index (χ0) is 14.0. The molecule has 0 saturated heterocycles. The zero-order valence-electron chi connectivity index (χ0n) is 10.2. The lowest BCUT2D eigenvalue weighted by molar-refractivity contribution is -0.183. The maximum absolute atomic E-state index is 12.7. The van der Waals surface area contributed by atoms with Gasteiger partial charge in [0.15, 0.2) is 5.82 Å². The van der Waals surface area contributed by atoms with E-state index in [9.17, 15) is 13.2 Å². The lowest BCUT2D eigenvalue weighted by Gasteiger charge is -2.28. The molecule has 3 unspecified atom stereocenters. The molecule has 1 aliphatic carbocycles. The van der Waals surface area contributed by atoms with Crippen molar-refractivity contribution in [2.24, 2.45) is 11.7 Å². The minimum absolute atomic E-state index is 0.0283. The monoisotopic (exact) mass is 279 g/mol. The Balaban J connectivity index is 2.07. The summed E-state index contributed by atoms with van der Waals surface area (Å²) in [6.45, 7) is -0.338. The molecule has 3 N–H and O–H groups in total. The van der Waals surface area contributed by atoms with E-state index in [1.54, 1.807) is 0 Å². The van der Waals surface area contributed by atoms with Gasteiger partial charge < -0.3 is 15.4 Å². The molecular weight excluding hydrogens is 263 g/mol. The minimum atomic E-state index is -4.18. The normalized spacial score (nSPS) is 26.4. The van der Waals surface area contributed by atoms with Crippen LogP contribution in [0.3, 0.4) is 0 Å². The molecule has 1 aromatic heterocycles. The van der Waals surface area contributed by atoms with Crippen molar-refractivity contribution < 1.29 is 22.8 Å². The Morgan fingerprint density at radius 1 is 1.42 bits per heavy atom. The second-order valence-corrected chi connectivity index (χ2v) is 4.88. The molecule has 2 rings (SSSR count). The second-order valence-electron chi connectivity index (χ2n) is 4.88. The highest BCUT2D eigenvalue weighted by Crippen LogP contribution is 2.43. The molecule has 0 radical (unpaired) electrons. The van der Waals surface area contributed by atoms with Gasteiger partial charge in [-0.15, -0.1) is 0 Å². The largest absolute Gasteiger partial charge is 0.394 e. The molecule has 3 atom stereocenters. The van der Waals surface area contributed by atoms with Crippen molar-refractivity contribution in [1.29, 1.82) is 0 Å². The van der Waals surface area contributed by atoms with Crippen LogP contribution in [0.4, 0.5) is 13.2 Å². The number of halogens is 3. The van der Waals surface area contributed by atoms with Crippen LogP contribution in [-0.4, -0.2) is 28.0 Å². The van der Waals surface area contributed by atoms with Gasteiger partial charge >= 0.3 is 6.18 Å². The molecule has 1 fully saturated rings. The predicted molar refractivity (Wildman–Crippen MR) is 59.1 cm³/mol. The van der Waals surface area contributed by atoms with E-state index < -0.39 is 18.1 Å². The summed E-state index contributed by atoms with van der Waals surface area (Å²) < 4.78 is 43.1. The van der Waals surface area contributed by atoms with Crippen molar-refractivity contribution in [2.75, 3.05) is 6.61 Å². The van der Waals surface area contributed by atoms with Crippen LogP contribution in [0.2, 0.25) is 0 Å². The van der Waals surface area contributed by atoms with Gasteiger partial charge in [-0.2, -0.15) is 18.2 Å². The molecule has 108 valence electrons. The number of rotatable bonds is 3. The molecule has 0 aliphatic heterocycles. The molecule has 0 aromatic carbocycles. The lowest BCUT2D eigenvalue weighted by atomic mass is 9.81.